The van der Waals surface area contributed by atoms with E-state index in [1.807, 2.05) is 4.57 Å². The van der Waals surface area contributed by atoms with Gasteiger partial charge in [-0.3, -0.25) is 0 Å². The second kappa shape index (κ2) is 4.80. The number of rotatable bonds is 4. The van der Waals surface area contributed by atoms with E-state index in [1.165, 1.54) is 12.1 Å². The van der Waals surface area contributed by atoms with Gasteiger partial charge in [-0.25, -0.2) is 9.37 Å². The molecule has 0 aliphatic rings. The van der Waals surface area contributed by atoms with Crippen molar-refractivity contribution >= 4 is 22.6 Å². The third-order valence-corrected chi connectivity index (χ3v) is 2.67. The van der Waals surface area contributed by atoms with Gasteiger partial charge in [0, 0.05) is 19.7 Å². The van der Waals surface area contributed by atoms with Crippen molar-refractivity contribution in [3.05, 3.63) is 29.8 Å². The predicted molar refractivity (Wildman–Crippen MR) is 61.1 cm³/mol. The summed E-state index contributed by atoms with van der Waals surface area (Å²) in [6, 6.07) is 4.55. The zero-order chi connectivity index (χ0) is 11.5. The van der Waals surface area contributed by atoms with Crippen LogP contribution in [0.25, 0.3) is 11.0 Å². The van der Waals surface area contributed by atoms with Crippen molar-refractivity contribution in [1.82, 2.24) is 9.55 Å². The normalized spacial score (nSPS) is 11.2. The van der Waals surface area contributed by atoms with E-state index in [2.05, 4.69) is 4.98 Å². The molecule has 0 amide bonds. The maximum absolute atomic E-state index is 13.0. The minimum Gasteiger partial charge on any atom is -0.383 e. The Bertz CT molecular complexity index is 498. The smallest absolute Gasteiger partial charge is 0.125 e. The highest BCUT2D eigenvalue weighted by atomic mass is 35.5. The fourth-order valence-corrected chi connectivity index (χ4v) is 1.89. The summed E-state index contributed by atoms with van der Waals surface area (Å²) in [5.74, 6) is 0.754. The Hall–Kier alpha value is -1.13. The van der Waals surface area contributed by atoms with E-state index in [1.54, 1.807) is 13.2 Å². The summed E-state index contributed by atoms with van der Waals surface area (Å²) < 4.78 is 20.0. The summed E-state index contributed by atoms with van der Waals surface area (Å²) in [5.41, 5.74) is 1.51. The largest absolute Gasteiger partial charge is 0.383 e. The lowest BCUT2D eigenvalue weighted by molar-refractivity contribution is 0.187. The summed E-state index contributed by atoms with van der Waals surface area (Å²) in [6.07, 6.45) is 0. The monoisotopic (exact) mass is 242 g/mol. The molecule has 0 saturated carbocycles. The van der Waals surface area contributed by atoms with E-state index in [-0.39, 0.29) is 5.82 Å². The van der Waals surface area contributed by atoms with Gasteiger partial charge in [0.05, 0.1) is 23.5 Å². The number of fused-ring (bicyclic) bond motifs is 1. The number of hydrogen-bond donors (Lipinski definition) is 0. The van der Waals surface area contributed by atoms with E-state index in [0.717, 1.165) is 11.3 Å². The van der Waals surface area contributed by atoms with Gasteiger partial charge in [-0.1, -0.05) is 0 Å². The minimum absolute atomic E-state index is 0.287. The number of nitrogens with zero attached hydrogens (tertiary/aromatic N) is 2. The van der Waals surface area contributed by atoms with Crippen LogP contribution in [0.3, 0.4) is 0 Å². The third-order valence-electron chi connectivity index (χ3n) is 2.43. The molecule has 0 N–H and O–H groups in total. The Kier molecular flexibility index (Phi) is 3.41. The molecular formula is C11H12ClFN2O. The van der Waals surface area contributed by atoms with Crippen LogP contribution in [0.1, 0.15) is 5.82 Å². The maximum Gasteiger partial charge on any atom is 0.125 e. The SMILES string of the molecule is COCCn1c(CCl)nc2cc(F)ccc21. The quantitative estimate of drug-likeness (QED) is 0.771. The molecule has 0 bridgehead atoms. The molecule has 86 valence electrons. The van der Waals surface area contributed by atoms with Crippen LogP contribution in [0.5, 0.6) is 0 Å². The predicted octanol–water partition coefficient (Wildman–Crippen LogP) is 2.56. The number of alkyl halides is 1. The molecule has 2 aromatic rings. The Balaban J connectivity index is 2.50. The van der Waals surface area contributed by atoms with Crippen molar-refractivity contribution in [3.63, 3.8) is 0 Å². The third kappa shape index (κ3) is 2.03. The molecule has 0 radical (unpaired) electrons. The molecule has 1 aromatic carbocycles. The number of aromatic nitrogens is 2. The van der Waals surface area contributed by atoms with Crippen molar-refractivity contribution in [2.45, 2.75) is 12.4 Å². The first kappa shape index (κ1) is 11.4. The molecule has 0 atom stereocenters. The first-order valence-corrected chi connectivity index (χ1v) is 5.49. The van der Waals surface area contributed by atoms with Gasteiger partial charge in [0.15, 0.2) is 0 Å². The molecular weight excluding hydrogens is 231 g/mol. The molecule has 1 aromatic heterocycles. The average molecular weight is 243 g/mol. The first-order chi connectivity index (χ1) is 7.76. The molecule has 3 nitrogen and oxygen atoms in total. The maximum atomic E-state index is 13.0. The van der Waals surface area contributed by atoms with Crippen LogP contribution < -0.4 is 0 Å². The van der Waals surface area contributed by atoms with Crippen LogP contribution in [0.4, 0.5) is 4.39 Å². The van der Waals surface area contributed by atoms with Gasteiger partial charge >= 0.3 is 0 Å². The lowest BCUT2D eigenvalue weighted by Gasteiger charge is -2.06. The highest BCUT2D eigenvalue weighted by molar-refractivity contribution is 6.16. The van der Waals surface area contributed by atoms with E-state index < -0.39 is 0 Å². The number of methoxy groups -OCH3 is 1. The number of halogens is 2. The number of imidazole rings is 1. The lowest BCUT2D eigenvalue weighted by atomic mass is 10.3. The molecule has 0 saturated heterocycles. The number of benzene rings is 1. The highest BCUT2D eigenvalue weighted by Gasteiger charge is 2.09. The Labute approximate surface area is 97.8 Å². The lowest BCUT2D eigenvalue weighted by Crippen LogP contribution is -2.07. The van der Waals surface area contributed by atoms with Crippen LogP contribution >= 0.6 is 11.6 Å². The summed E-state index contributed by atoms with van der Waals surface area (Å²) in [6.45, 7) is 1.24. The number of hydrogen-bond acceptors (Lipinski definition) is 2. The fourth-order valence-electron chi connectivity index (χ4n) is 1.69. The summed E-state index contributed by atoms with van der Waals surface area (Å²) in [5, 5.41) is 0. The molecule has 5 heteroatoms. The van der Waals surface area contributed by atoms with E-state index >= 15 is 0 Å². The molecule has 2 rings (SSSR count). The molecule has 0 spiro atoms. The molecule has 0 unspecified atom stereocenters. The second-order valence-electron chi connectivity index (χ2n) is 3.44. The van der Waals surface area contributed by atoms with Gasteiger partial charge in [0.25, 0.3) is 0 Å². The topological polar surface area (TPSA) is 27.1 Å². The van der Waals surface area contributed by atoms with Gasteiger partial charge in [0.1, 0.15) is 11.6 Å². The fraction of sp³-hybridized carbons (Fsp3) is 0.364. The molecule has 0 aliphatic carbocycles. The molecule has 0 aliphatic heterocycles. The van der Waals surface area contributed by atoms with Gasteiger partial charge in [0.2, 0.25) is 0 Å². The van der Waals surface area contributed by atoms with Crippen molar-refractivity contribution in [2.24, 2.45) is 0 Å². The van der Waals surface area contributed by atoms with Crippen molar-refractivity contribution in [2.75, 3.05) is 13.7 Å². The van der Waals surface area contributed by atoms with Gasteiger partial charge in [-0.05, 0) is 12.1 Å². The molecule has 1 heterocycles. The summed E-state index contributed by atoms with van der Waals surface area (Å²) >= 11 is 5.80. The standard InChI is InChI=1S/C11H12ClFN2O/c1-16-5-4-15-10-3-2-8(13)6-9(10)14-11(15)7-12/h2-3,6H,4-5,7H2,1H3. The zero-order valence-corrected chi connectivity index (χ0v) is 9.67. The average Bonchev–Trinajstić information content (AvgIpc) is 2.63. The van der Waals surface area contributed by atoms with Crippen LogP contribution in [-0.2, 0) is 17.2 Å². The second-order valence-corrected chi connectivity index (χ2v) is 3.71. The molecule has 16 heavy (non-hydrogen) atoms. The Morgan fingerprint density at radius 2 is 2.31 bits per heavy atom. The van der Waals surface area contributed by atoms with Crippen LogP contribution in [0.2, 0.25) is 0 Å². The van der Waals surface area contributed by atoms with E-state index in [9.17, 15) is 4.39 Å². The van der Waals surface area contributed by atoms with Gasteiger partial charge in [-0.2, -0.15) is 0 Å². The summed E-state index contributed by atoms with van der Waals surface area (Å²) in [4.78, 5) is 4.28. The zero-order valence-electron chi connectivity index (χ0n) is 8.91. The first-order valence-electron chi connectivity index (χ1n) is 4.96. The van der Waals surface area contributed by atoms with E-state index in [4.69, 9.17) is 16.3 Å². The number of ether oxygens (including phenoxy) is 1. The van der Waals surface area contributed by atoms with Crippen molar-refractivity contribution < 1.29 is 9.13 Å². The highest BCUT2D eigenvalue weighted by Crippen LogP contribution is 2.18. The van der Waals surface area contributed by atoms with E-state index in [0.29, 0.717) is 24.5 Å². The van der Waals surface area contributed by atoms with Crippen LogP contribution in [-0.4, -0.2) is 23.3 Å². The van der Waals surface area contributed by atoms with Crippen LogP contribution in [0.15, 0.2) is 18.2 Å². The van der Waals surface area contributed by atoms with Crippen molar-refractivity contribution in [3.8, 4) is 0 Å². The van der Waals surface area contributed by atoms with Gasteiger partial charge < -0.3 is 9.30 Å². The van der Waals surface area contributed by atoms with Crippen molar-refractivity contribution in [1.29, 1.82) is 0 Å². The Morgan fingerprint density at radius 3 is 3.00 bits per heavy atom. The summed E-state index contributed by atoms with van der Waals surface area (Å²) in [7, 11) is 1.64. The molecule has 0 fully saturated rings. The minimum atomic E-state index is -0.287. The van der Waals surface area contributed by atoms with Crippen LogP contribution in [0, 0.1) is 5.82 Å². The van der Waals surface area contributed by atoms with Gasteiger partial charge in [-0.15, -0.1) is 11.6 Å². The Morgan fingerprint density at radius 1 is 1.50 bits per heavy atom.